The number of methoxy groups -OCH3 is 1. The number of carbonyl (C=O) groups is 2. The van der Waals surface area contributed by atoms with Gasteiger partial charge in [-0.2, -0.15) is 0 Å². The summed E-state index contributed by atoms with van der Waals surface area (Å²) in [6, 6.07) is 18.3. The number of rotatable bonds is 5. The van der Waals surface area contributed by atoms with Crippen LogP contribution in [-0.2, 0) is 11.2 Å². The highest BCUT2D eigenvalue weighted by Gasteiger charge is 2.16. The molecule has 0 atom stereocenters. The van der Waals surface area contributed by atoms with Crippen LogP contribution in [0.25, 0.3) is 0 Å². The van der Waals surface area contributed by atoms with E-state index in [1.54, 1.807) is 41.7 Å². The molecule has 2 aromatic carbocycles. The summed E-state index contributed by atoms with van der Waals surface area (Å²) in [5.41, 5.74) is 2.33. The molecule has 0 saturated heterocycles. The van der Waals surface area contributed by atoms with Crippen LogP contribution in [0.4, 0.5) is 5.69 Å². The van der Waals surface area contributed by atoms with Crippen LogP contribution in [-0.4, -0.2) is 19.0 Å². The number of ether oxygens (including phenoxy) is 1. The first-order valence-corrected chi connectivity index (χ1v) is 8.65. The molecular formula is C20H17NO3S. The van der Waals surface area contributed by atoms with Gasteiger partial charge >= 0.3 is 5.97 Å². The van der Waals surface area contributed by atoms with E-state index in [4.69, 9.17) is 4.74 Å². The number of benzene rings is 2. The van der Waals surface area contributed by atoms with Gasteiger partial charge < -0.3 is 10.1 Å². The Bertz CT molecular complexity index is 873. The Morgan fingerprint density at radius 3 is 2.52 bits per heavy atom. The number of amides is 1. The maximum absolute atomic E-state index is 12.4. The van der Waals surface area contributed by atoms with Crippen LogP contribution in [0.1, 0.15) is 31.2 Å². The summed E-state index contributed by atoms with van der Waals surface area (Å²) in [6.07, 6.45) is 0.743. The van der Waals surface area contributed by atoms with Crippen molar-refractivity contribution in [1.82, 2.24) is 0 Å². The van der Waals surface area contributed by atoms with Crippen molar-refractivity contribution < 1.29 is 14.3 Å². The molecule has 0 aliphatic heterocycles. The fourth-order valence-corrected chi connectivity index (χ4v) is 3.23. The van der Waals surface area contributed by atoms with E-state index in [0.29, 0.717) is 16.8 Å². The minimum atomic E-state index is -0.481. The van der Waals surface area contributed by atoms with Crippen molar-refractivity contribution in [3.63, 3.8) is 0 Å². The molecule has 0 spiro atoms. The molecule has 0 aliphatic carbocycles. The molecule has 0 saturated carbocycles. The van der Waals surface area contributed by atoms with Gasteiger partial charge in [-0.05, 0) is 41.3 Å². The zero-order valence-corrected chi connectivity index (χ0v) is 14.5. The zero-order valence-electron chi connectivity index (χ0n) is 13.7. The van der Waals surface area contributed by atoms with Gasteiger partial charge in [0.05, 0.1) is 18.4 Å². The van der Waals surface area contributed by atoms with Crippen molar-refractivity contribution in [2.24, 2.45) is 0 Å². The van der Waals surface area contributed by atoms with E-state index in [-0.39, 0.29) is 5.91 Å². The molecule has 0 fully saturated rings. The molecule has 1 aromatic heterocycles. The summed E-state index contributed by atoms with van der Waals surface area (Å²) in [7, 11) is 1.32. The van der Waals surface area contributed by atoms with Gasteiger partial charge in [0.2, 0.25) is 0 Å². The molecule has 1 N–H and O–H groups in total. The minimum absolute atomic E-state index is 0.265. The second-order valence-electron chi connectivity index (χ2n) is 5.45. The Labute approximate surface area is 150 Å². The molecule has 25 heavy (non-hydrogen) atoms. The minimum Gasteiger partial charge on any atom is -0.465 e. The summed E-state index contributed by atoms with van der Waals surface area (Å²) in [5.74, 6) is -0.745. The smallest absolute Gasteiger partial charge is 0.339 e. The number of thiophene rings is 1. The first-order valence-electron chi connectivity index (χ1n) is 7.77. The van der Waals surface area contributed by atoms with E-state index in [0.717, 1.165) is 12.0 Å². The molecule has 5 heteroatoms. The van der Waals surface area contributed by atoms with Crippen LogP contribution in [0.3, 0.4) is 0 Å². The molecule has 0 unspecified atom stereocenters. The zero-order chi connectivity index (χ0) is 17.6. The quantitative estimate of drug-likeness (QED) is 0.694. The molecular weight excluding hydrogens is 334 g/mol. The van der Waals surface area contributed by atoms with Crippen molar-refractivity contribution in [3.8, 4) is 0 Å². The summed E-state index contributed by atoms with van der Waals surface area (Å²) >= 11 is 1.67. The normalized spacial score (nSPS) is 10.3. The summed E-state index contributed by atoms with van der Waals surface area (Å²) in [5, 5.41) is 4.85. The van der Waals surface area contributed by atoms with Gasteiger partial charge in [0.25, 0.3) is 5.91 Å². The third kappa shape index (κ3) is 4.14. The lowest BCUT2D eigenvalue weighted by Gasteiger charge is -2.12. The number of esters is 1. The molecule has 0 bridgehead atoms. The largest absolute Gasteiger partial charge is 0.465 e. The number of anilines is 1. The Morgan fingerprint density at radius 2 is 1.84 bits per heavy atom. The van der Waals surface area contributed by atoms with Gasteiger partial charge in [-0.1, -0.05) is 30.3 Å². The highest BCUT2D eigenvalue weighted by Crippen LogP contribution is 2.23. The average Bonchev–Trinajstić information content (AvgIpc) is 3.15. The Hall–Kier alpha value is -2.92. The fraction of sp³-hybridized carbons (Fsp3) is 0.100. The van der Waals surface area contributed by atoms with Gasteiger partial charge in [-0.15, -0.1) is 11.3 Å². The van der Waals surface area contributed by atoms with E-state index in [1.165, 1.54) is 12.0 Å². The van der Waals surface area contributed by atoms with Gasteiger partial charge in [0.1, 0.15) is 0 Å². The first-order chi connectivity index (χ1) is 12.2. The third-order valence-electron chi connectivity index (χ3n) is 3.73. The number of hydrogen-bond acceptors (Lipinski definition) is 4. The van der Waals surface area contributed by atoms with Crippen molar-refractivity contribution >= 4 is 28.9 Å². The molecule has 0 radical (unpaired) electrons. The lowest BCUT2D eigenvalue weighted by atomic mass is 10.1. The summed E-state index contributed by atoms with van der Waals surface area (Å²) < 4.78 is 4.82. The van der Waals surface area contributed by atoms with E-state index in [9.17, 15) is 9.59 Å². The van der Waals surface area contributed by atoms with Gasteiger partial charge in [0.15, 0.2) is 0 Å². The first kappa shape index (κ1) is 16.9. The van der Waals surface area contributed by atoms with Crippen molar-refractivity contribution in [2.75, 3.05) is 12.4 Å². The standard InChI is InChI=1S/C20H17NO3S/c1-24-20(23)17-10-9-14(12-16-8-5-11-25-16)13-18(17)21-19(22)15-6-3-2-4-7-15/h2-11,13H,12H2,1H3,(H,21,22). The summed E-state index contributed by atoms with van der Waals surface area (Å²) in [4.78, 5) is 25.7. The Balaban J connectivity index is 1.90. The lowest BCUT2D eigenvalue weighted by Crippen LogP contribution is -2.15. The van der Waals surface area contributed by atoms with Gasteiger partial charge in [0, 0.05) is 16.9 Å². The van der Waals surface area contributed by atoms with Crippen LogP contribution in [0.5, 0.6) is 0 Å². The molecule has 4 nitrogen and oxygen atoms in total. The molecule has 1 heterocycles. The predicted molar refractivity (Wildman–Crippen MR) is 99.3 cm³/mol. The van der Waals surface area contributed by atoms with E-state index >= 15 is 0 Å². The Morgan fingerprint density at radius 1 is 1.04 bits per heavy atom. The van der Waals surface area contributed by atoms with E-state index in [2.05, 4.69) is 11.4 Å². The topological polar surface area (TPSA) is 55.4 Å². The van der Waals surface area contributed by atoms with Crippen molar-refractivity contribution in [1.29, 1.82) is 0 Å². The predicted octanol–water partition coefficient (Wildman–Crippen LogP) is 4.38. The summed E-state index contributed by atoms with van der Waals surface area (Å²) in [6.45, 7) is 0. The third-order valence-corrected chi connectivity index (χ3v) is 4.61. The van der Waals surface area contributed by atoms with Crippen LogP contribution in [0.15, 0.2) is 66.0 Å². The van der Waals surface area contributed by atoms with Crippen LogP contribution >= 0.6 is 11.3 Å². The molecule has 3 rings (SSSR count). The van der Waals surface area contributed by atoms with Gasteiger partial charge in [-0.3, -0.25) is 4.79 Å². The van der Waals surface area contributed by atoms with E-state index < -0.39 is 5.97 Å². The average molecular weight is 351 g/mol. The molecule has 0 aliphatic rings. The number of nitrogens with one attached hydrogen (secondary N) is 1. The highest BCUT2D eigenvalue weighted by atomic mass is 32.1. The van der Waals surface area contributed by atoms with E-state index in [1.807, 2.05) is 29.6 Å². The highest BCUT2D eigenvalue weighted by molar-refractivity contribution is 7.09. The van der Waals surface area contributed by atoms with Crippen molar-refractivity contribution in [3.05, 3.63) is 87.6 Å². The van der Waals surface area contributed by atoms with Crippen LogP contribution in [0, 0.1) is 0 Å². The SMILES string of the molecule is COC(=O)c1ccc(Cc2cccs2)cc1NC(=O)c1ccccc1. The Kier molecular flexibility index (Phi) is 5.26. The fourth-order valence-electron chi connectivity index (χ4n) is 2.49. The van der Waals surface area contributed by atoms with Crippen LogP contribution in [0.2, 0.25) is 0 Å². The number of hydrogen-bond donors (Lipinski definition) is 1. The molecule has 3 aromatic rings. The lowest BCUT2D eigenvalue weighted by molar-refractivity contribution is 0.0602. The monoisotopic (exact) mass is 351 g/mol. The molecule has 1 amide bonds. The maximum Gasteiger partial charge on any atom is 0.339 e. The van der Waals surface area contributed by atoms with Crippen LogP contribution < -0.4 is 5.32 Å². The van der Waals surface area contributed by atoms with Gasteiger partial charge in [-0.25, -0.2) is 4.79 Å². The van der Waals surface area contributed by atoms with Crippen molar-refractivity contribution in [2.45, 2.75) is 6.42 Å². The number of carbonyl (C=O) groups excluding carboxylic acids is 2. The molecule has 126 valence electrons. The second kappa shape index (κ2) is 7.77. The maximum atomic E-state index is 12.4. The second-order valence-corrected chi connectivity index (χ2v) is 6.48.